The number of carbonyl (C=O) groups excluding carboxylic acids is 2. The van der Waals surface area contributed by atoms with Gasteiger partial charge in [0.05, 0.1) is 11.7 Å². The van der Waals surface area contributed by atoms with E-state index in [0.29, 0.717) is 31.6 Å². The monoisotopic (exact) mass is 422 g/mol. The van der Waals surface area contributed by atoms with E-state index in [0.717, 1.165) is 5.56 Å². The Hall–Kier alpha value is -2.93. The Kier molecular flexibility index (Phi) is 5.47. The Balaban J connectivity index is 1.56. The van der Waals surface area contributed by atoms with Crippen LogP contribution in [0, 0.1) is 5.41 Å². The van der Waals surface area contributed by atoms with Crippen LogP contribution in [-0.2, 0) is 18.3 Å². The maximum Gasteiger partial charge on any atom is 0.274 e. The summed E-state index contributed by atoms with van der Waals surface area (Å²) in [6, 6.07) is 10.5. The molecule has 30 heavy (non-hydrogen) atoms. The van der Waals surface area contributed by atoms with Crippen LogP contribution in [0.5, 0.6) is 0 Å². The molecule has 7 heteroatoms. The third kappa shape index (κ3) is 3.89. The molecule has 1 aliphatic rings. The van der Waals surface area contributed by atoms with E-state index in [4.69, 9.17) is 0 Å². The highest BCUT2D eigenvalue weighted by Gasteiger charge is 2.47. The van der Waals surface area contributed by atoms with Gasteiger partial charge in [-0.2, -0.15) is 11.3 Å². The molecule has 156 valence electrons. The van der Waals surface area contributed by atoms with Crippen molar-refractivity contribution in [2.45, 2.75) is 12.8 Å². The van der Waals surface area contributed by atoms with Crippen LogP contribution in [0.25, 0.3) is 11.1 Å². The van der Waals surface area contributed by atoms with Gasteiger partial charge in [0.15, 0.2) is 0 Å². The lowest BCUT2D eigenvalue weighted by Gasteiger charge is -2.31. The third-order valence-corrected chi connectivity index (χ3v) is 6.46. The van der Waals surface area contributed by atoms with Gasteiger partial charge >= 0.3 is 0 Å². The fourth-order valence-corrected chi connectivity index (χ4v) is 4.90. The second-order valence-corrected chi connectivity index (χ2v) is 9.05. The van der Waals surface area contributed by atoms with Gasteiger partial charge in [-0.05, 0) is 46.4 Å². The number of imidazole rings is 1. The normalized spacial score (nSPS) is 18.6. The van der Waals surface area contributed by atoms with Crippen molar-refractivity contribution in [3.8, 4) is 11.1 Å². The predicted octanol–water partition coefficient (Wildman–Crippen LogP) is 3.31. The summed E-state index contributed by atoms with van der Waals surface area (Å²) in [5.74, 6) is -0.0439. The zero-order valence-electron chi connectivity index (χ0n) is 17.5. The molecule has 0 radical (unpaired) electrons. The molecule has 0 spiro atoms. The Bertz CT molecular complexity index is 1040. The Morgan fingerprint density at radius 1 is 1.17 bits per heavy atom. The van der Waals surface area contributed by atoms with Crippen LogP contribution >= 0.6 is 11.3 Å². The van der Waals surface area contributed by atoms with Crippen LogP contribution in [0.4, 0.5) is 0 Å². The molecule has 0 bridgehead atoms. The van der Waals surface area contributed by atoms with E-state index in [1.54, 1.807) is 52.3 Å². The summed E-state index contributed by atoms with van der Waals surface area (Å²) < 4.78 is 1.76. The average Bonchev–Trinajstić information content (AvgIpc) is 3.49. The number of thiophene rings is 1. The number of nitrogens with zero attached hydrogens (tertiary/aromatic N) is 4. The van der Waals surface area contributed by atoms with Crippen molar-refractivity contribution in [3.63, 3.8) is 0 Å². The van der Waals surface area contributed by atoms with Gasteiger partial charge in [-0.15, -0.1) is 0 Å². The quantitative estimate of drug-likeness (QED) is 0.634. The summed E-state index contributed by atoms with van der Waals surface area (Å²) in [6.07, 6.45) is 4.60. The number of rotatable bonds is 5. The summed E-state index contributed by atoms with van der Waals surface area (Å²) in [7, 11) is 5.41. The number of hydrogen-bond acceptors (Lipinski definition) is 4. The highest BCUT2D eigenvalue weighted by Crippen LogP contribution is 2.37. The third-order valence-electron chi connectivity index (χ3n) is 5.78. The van der Waals surface area contributed by atoms with Crippen molar-refractivity contribution in [1.82, 2.24) is 19.4 Å². The first-order valence-electron chi connectivity index (χ1n) is 9.98. The topological polar surface area (TPSA) is 58.4 Å². The molecule has 1 unspecified atom stereocenters. The fraction of sp³-hybridized carbons (Fsp3) is 0.348. The van der Waals surface area contributed by atoms with Crippen molar-refractivity contribution < 1.29 is 9.59 Å². The van der Waals surface area contributed by atoms with Crippen molar-refractivity contribution in [1.29, 1.82) is 0 Å². The van der Waals surface area contributed by atoms with Gasteiger partial charge in [0.2, 0.25) is 5.91 Å². The molecule has 6 nitrogen and oxygen atoms in total. The lowest BCUT2D eigenvalue weighted by atomic mass is 9.79. The minimum absolute atomic E-state index is 0.0701. The molecular formula is C23H26N4O2S. The predicted molar refractivity (Wildman–Crippen MR) is 118 cm³/mol. The van der Waals surface area contributed by atoms with E-state index in [1.165, 1.54) is 11.1 Å². The van der Waals surface area contributed by atoms with Gasteiger partial charge in [-0.3, -0.25) is 9.59 Å². The standard InChI is InChI=1S/C23H26N4O2S/c1-25(2)22(29)23(9-10-27(15-23)21(28)20-13-26(3)16-24-20)12-17-4-6-18(7-5-17)19-8-11-30-14-19/h4-8,11,13-14,16H,9-10,12,15H2,1-3H3. The number of benzene rings is 1. The number of aryl methyl sites for hydroxylation is 1. The molecule has 1 fully saturated rings. The minimum Gasteiger partial charge on any atom is -0.348 e. The van der Waals surface area contributed by atoms with Crippen LogP contribution in [0.2, 0.25) is 0 Å². The van der Waals surface area contributed by atoms with Gasteiger partial charge in [0.1, 0.15) is 5.69 Å². The lowest BCUT2D eigenvalue weighted by molar-refractivity contribution is -0.138. The molecule has 1 aliphatic heterocycles. The number of likely N-dealkylation sites (tertiary alicyclic amines) is 1. The van der Waals surface area contributed by atoms with Crippen molar-refractivity contribution in [2.24, 2.45) is 12.5 Å². The van der Waals surface area contributed by atoms with E-state index in [1.807, 2.05) is 7.05 Å². The number of amides is 2. The average molecular weight is 423 g/mol. The minimum atomic E-state index is -0.613. The van der Waals surface area contributed by atoms with Crippen LogP contribution in [0.1, 0.15) is 22.5 Å². The molecule has 2 amide bonds. The SMILES string of the molecule is CN(C)C(=O)C1(Cc2ccc(-c3ccsc3)cc2)CCN(C(=O)c2cn(C)cn2)C1. The van der Waals surface area contributed by atoms with Crippen LogP contribution in [0.15, 0.2) is 53.6 Å². The van der Waals surface area contributed by atoms with E-state index >= 15 is 0 Å². The van der Waals surface area contributed by atoms with Gasteiger partial charge in [0, 0.05) is 40.4 Å². The molecule has 4 rings (SSSR count). The number of carbonyl (C=O) groups is 2. The van der Waals surface area contributed by atoms with E-state index in [-0.39, 0.29) is 11.8 Å². The molecule has 0 aliphatic carbocycles. The number of hydrogen-bond donors (Lipinski definition) is 0. The molecule has 1 atom stereocenters. The molecule has 0 saturated carbocycles. The van der Waals surface area contributed by atoms with Crippen molar-refractivity contribution >= 4 is 23.2 Å². The maximum absolute atomic E-state index is 13.2. The fourth-order valence-electron chi connectivity index (χ4n) is 4.23. The van der Waals surface area contributed by atoms with Crippen molar-refractivity contribution in [2.75, 3.05) is 27.2 Å². The number of aromatic nitrogens is 2. The summed E-state index contributed by atoms with van der Waals surface area (Å²) in [5.41, 5.74) is 3.30. The summed E-state index contributed by atoms with van der Waals surface area (Å²) >= 11 is 1.68. The van der Waals surface area contributed by atoms with Crippen LogP contribution in [0.3, 0.4) is 0 Å². The largest absolute Gasteiger partial charge is 0.348 e. The van der Waals surface area contributed by atoms with E-state index < -0.39 is 5.41 Å². The van der Waals surface area contributed by atoms with Gasteiger partial charge in [-0.1, -0.05) is 24.3 Å². The summed E-state index contributed by atoms with van der Waals surface area (Å²) in [4.78, 5) is 33.7. The molecule has 3 aromatic rings. The first kappa shape index (κ1) is 20.3. The zero-order valence-corrected chi connectivity index (χ0v) is 18.4. The lowest BCUT2D eigenvalue weighted by Crippen LogP contribution is -2.44. The second kappa shape index (κ2) is 8.07. The van der Waals surface area contributed by atoms with Crippen LogP contribution in [-0.4, -0.2) is 58.4 Å². The smallest absolute Gasteiger partial charge is 0.274 e. The Morgan fingerprint density at radius 2 is 1.93 bits per heavy atom. The second-order valence-electron chi connectivity index (χ2n) is 8.27. The highest BCUT2D eigenvalue weighted by molar-refractivity contribution is 7.08. The first-order valence-corrected chi connectivity index (χ1v) is 10.9. The summed E-state index contributed by atoms with van der Waals surface area (Å²) in [6.45, 7) is 0.966. The van der Waals surface area contributed by atoms with Crippen molar-refractivity contribution in [3.05, 3.63) is 64.9 Å². The zero-order chi connectivity index (χ0) is 21.3. The summed E-state index contributed by atoms with van der Waals surface area (Å²) in [5, 5.41) is 4.20. The molecule has 0 N–H and O–H groups in total. The molecule has 2 aromatic heterocycles. The molecule has 3 heterocycles. The van der Waals surface area contributed by atoms with Gasteiger partial charge in [-0.25, -0.2) is 4.98 Å². The van der Waals surface area contributed by atoms with E-state index in [2.05, 4.69) is 46.1 Å². The highest BCUT2D eigenvalue weighted by atomic mass is 32.1. The molecule has 1 saturated heterocycles. The Morgan fingerprint density at radius 3 is 2.53 bits per heavy atom. The molecular weight excluding hydrogens is 396 g/mol. The van der Waals surface area contributed by atoms with E-state index in [9.17, 15) is 9.59 Å². The van der Waals surface area contributed by atoms with Crippen LogP contribution < -0.4 is 0 Å². The Labute approximate surface area is 180 Å². The first-order chi connectivity index (χ1) is 14.4. The molecule has 1 aromatic carbocycles. The van der Waals surface area contributed by atoms with Gasteiger partial charge < -0.3 is 14.4 Å². The van der Waals surface area contributed by atoms with Gasteiger partial charge in [0.25, 0.3) is 5.91 Å². The maximum atomic E-state index is 13.2.